The maximum absolute atomic E-state index is 2.20. The van der Waals surface area contributed by atoms with Gasteiger partial charge < -0.3 is 0 Å². The molecule has 0 aliphatic rings. The Morgan fingerprint density at radius 3 is 0.944 bits per heavy atom. The first-order chi connectivity index (χ1) is 8.61. The lowest BCUT2D eigenvalue weighted by molar-refractivity contribution is 0.867. The van der Waals surface area contributed by atoms with E-state index in [4.69, 9.17) is 0 Å². The van der Waals surface area contributed by atoms with Gasteiger partial charge in [0, 0.05) is 0 Å². The van der Waals surface area contributed by atoms with Gasteiger partial charge in [-0.05, 0) is 23.0 Å². The number of hydrogen-bond acceptors (Lipinski definition) is 0. The van der Waals surface area contributed by atoms with E-state index >= 15 is 0 Å². The highest BCUT2D eigenvalue weighted by Gasteiger charge is 1.94. The van der Waals surface area contributed by atoms with Crippen LogP contribution in [0.3, 0.4) is 0 Å². The van der Waals surface area contributed by atoms with Gasteiger partial charge in [-0.25, -0.2) is 0 Å². The fourth-order valence-electron chi connectivity index (χ4n) is 1.68. The summed E-state index contributed by atoms with van der Waals surface area (Å²) in [5.74, 6) is 1.32. The smallest absolute Gasteiger partial charge is 0.0219 e. The van der Waals surface area contributed by atoms with Crippen molar-refractivity contribution >= 4 is 0 Å². The first-order valence-electron chi connectivity index (χ1n) is 6.71. The highest BCUT2D eigenvalue weighted by Crippen LogP contribution is 2.12. The first kappa shape index (κ1) is 14.5. The average molecular weight is 240 g/mol. The third-order valence-electron chi connectivity index (χ3n) is 2.93. The topological polar surface area (TPSA) is 0 Å². The lowest BCUT2D eigenvalue weighted by Gasteiger charge is -2.01. The lowest BCUT2D eigenvalue weighted by Crippen LogP contribution is -1.83. The van der Waals surface area contributed by atoms with Gasteiger partial charge in [0.15, 0.2) is 0 Å². The quantitative estimate of drug-likeness (QED) is 0.639. The van der Waals surface area contributed by atoms with Gasteiger partial charge in [0.05, 0.1) is 0 Å². The highest BCUT2D eigenvalue weighted by molar-refractivity contribution is 5.18. The normalized spacial score (nSPS) is 10.1. The van der Waals surface area contributed by atoms with Crippen LogP contribution in [0.5, 0.6) is 0 Å². The first-order valence-corrected chi connectivity index (χ1v) is 6.71. The van der Waals surface area contributed by atoms with Crippen molar-refractivity contribution in [2.24, 2.45) is 0 Å². The van der Waals surface area contributed by atoms with Crippen LogP contribution in [-0.4, -0.2) is 0 Å². The Labute approximate surface area is 112 Å². The van der Waals surface area contributed by atoms with Crippen LogP contribution in [-0.2, 0) is 0 Å². The standard InChI is InChI=1S/2C9H12/c2*1-8(2)9-6-4-3-5-7-9/h2*3-8H,1-2H3. The largest absolute Gasteiger partial charge is 0.0622 e. The molecule has 0 saturated heterocycles. The molecule has 0 amide bonds. The summed E-state index contributed by atoms with van der Waals surface area (Å²) in [6.07, 6.45) is 0. The van der Waals surface area contributed by atoms with Crippen LogP contribution in [0, 0.1) is 0 Å². The monoisotopic (exact) mass is 240 g/mol. The zero-order chi connectivity index (χ0) is 13.4. The molecule has 2 rings (SSSR count). The fourth-order valence-corrected chi connectivity index (χ4v) is 1.68. The van der Waals surface area contributed by atoms with Crippen LogP contribution in [0.15, 0.2) is 60.7 Å². The maximum atomic E-state index is 2.20. The summed E-state index contributed by atoms with van der Waals surface area (Å²) in [5, 5.41) is 0. The molecule has 0 aromatic heterocycles. The average Bonchev–Trinajstić information content (AvgIpc) is 2.41. The summed E-state index contributed by atoms with van der Waals surface area (Å²) in [4.78, 5) is 0. The third kappa shape index (κ3) is 5.18. The SMILES string of the molecule is CC(C)c1ccccc1.CC(C)c1ccccc1. The zero-order valence-electron chi connectivity index (χ0n) is 11.9. The minimum Gasteiger partial charge on any atom is -0.0622 e. The van der Waals surface area contributed by atoms with Crippen molar-refractivity contribution in [3.63, 3.8) is 0 Å². The van der Waals surface area contributed by atoms with Crippen molar-refractivity contribution in [1.29, 1.82) is 0 Å². The van der Waals surface area contributed by atoms with Crippen LogP contribution >= 0.6 is 0 Å². The molecule has 0 bridgehead atoms. The van der Waals surface area contributed by atoms with Crippen LogP contribution in [0.1, 0.15) is 50.7 Å². The minimum absolute atomic E-state index is 0.659. The molecule has 0 unspecified atom stereocenters. The summed E-state index contributed by atoms with van der Waals surface area (Å²) in [7, 11) is 0. The Balaban J connectivity index is 0.000000180. The Hall–Kier alpha value is -1.56. The fraction of sp³-hybridized carbons (Fsp3) is 0.333. The van der Waals surface area contributed by atoms with Crippen LogP contribution in [0.2, 0.25) is 0 Å². The van der Waals surface area contributed by atoms with Gasteiger partial charge in [0.2, 0.25) is 0 Å². The van der Waals surface area contributed by atoms with Crippen molar-refractivity contribution in [3.05, 3.63) is 71.8 Å². The van der Waals surface area contributed by atoms with Gasteiger partial charge in [-0.2, -0.15) is 0 Å². The Kier molecular flexibility index (Phi) is 6.21. The summed E-state index contributed by atoms with van der Waals surface area (Å²) < 4.78 is 0. The van der Waals surface area contributed by atoms with E-state index in [1.807, 2.05) is 12.1 Å². The van der Waals surface area contributed by atoms with E-state index in [2.05, 4.69) is 76.2 Å². The lowest BCUT2D eigenvalue weighted by atomic mass is 10.0. The Morgan fingerprint density at radius 1 is 0.500 bits per heavy atom. The van der Waals surface area contributed by atoms with Crippen molar-refractivity contribution in [1.82, 2.24) is 0 Å². The molecule has 96 valence electrons. The molecular formula is C18H24. The molecule has 0 saturated carbocycles. The van der Waals surface area contributed by atoms with Crippen molar-refractivity contribution in [2.75, 3.05) is 0 Å². The van der Waals surface area contributed by atoms with E-state index in [0.29, 0.717) is 11.8 Å². The van der Waals surface area contributed by atoms with Gasteiger partial charge in [-0.1, -0.05) is 88.4 Å². The molecule has 18 heavy (non-hydrogen) atoms. The Bertz CT molecular complexity index is 369. The Morgan fingerprint density at radius 2 is 0.778 bits per heavy atom. The molecule has 0 nitrogen and oxygen atoms in total. The van der Waals surface area contributed by atoms with Gasteiger partial charge >= 0.3 is 0 Å². The van der Waals surface area contributed by atoms with E-state index in [0.717, 1.165) is 0 Å². The number of benzene rings is 2. The third-order valence-corrected chi connectivity index (χ3v) is 2.93. The van der Waals surface area contributed by atoms with Crippen molar-refractivity contribution < 1.29 is 0 Å². The molecule has 0 spiro atoms. The second-order valence-electron chi connectivity index (χ2n) is 5.13. The molecule has 0 aliphatic carbocycles. The number of rotatable bonds is 2. The van der Waals surface area contributed by atoms with Crippen LogP contribution in [0.4, 0.5) is 0 Å². The second-order valence-corrected chi connectivity index (χ2v) is 5.13. The van der Waals surface area contributed by atoms with Crippen molar-refractivity contribution in [3.8, 4) is 0 Å². The van der Waals surface area contributed by atoms with E-state index < -0.39 is 0 Å². The predicted octanol–water partition coefficient (Wildman–Crippen LogP) is 5.62. The maximum Gasteiger partial charge on any atom is -0.0219 e. The number of hydrogen-bond donors (Lipinski definition) is 0. The second kappa shape index (κ2) is 7.71. The summed E-state index contributed by atoms with van der Waals surface area (Å²) >= 11 is 0. The zero-order valence-corrected chi connectivity index (χ0v) is 11.9. The summed E-state index contributed by atoms with van der Waals surface area (Å²) in [6, 6.07) is 21.0. The van der Waals surface area contributed by atoms with Gasteiger partial charge in [-0.15, -0.1) is 0 Å². The minimum atomic E-state index is 0.659. The predicted molar refractivity (Wildman–Crippen MR) is 81.1 cm³/mol. The molecule has 0 aliphatic heterocycles. The molecule has 0 fully saturated rings. The molecule has 2 aromatic rings. The van der Waals surface area contributed by atoms with E-state index in [-0.39, 0.29) is 0 Å². The molecule has 0 N–H and O–H groups in total. The van der Waals surface area contributed by atoms with Gasteiger partial charge in [-0.3, -0.25) is 0 Å². The van der Waals surface area contributed by atoms with Gasteiger partial charge in [0.25, 0.3) is 0 Å². The molecular weight excluding hydrogens is 216 g/mol. The van der Waals surface area contributed by atoms with Gasteiger partial charge in [0.1, 0.15) is 0 Å². The highest BCUT2D eigenvalue weighted by atomic mass is 14.0. The molecule has 0 heterocycles. The van der Waals surface area contributed by atoms with Crippen LogP contribution < -0.4 is 0 Å². The summed E-state index contributed by atoms with van der Waals surface area (Å²) in [6.45, 7) is 8.81. The van der Waals surface area contributed by atoms with E-state index in [9.17, 15) is 0 Å². The van der Waals surface area contributed by atoms with Crippen molar-refractivity contribution in [2.45, 2.75) is 39.5 Å². The molecule has 2 aromatic carbocycles. The molecule has 0 radical (unpaired) electrons. The van der Waals surface area contributed by atoms with E-state index in [1.165, 1.54) is 11.1 Å². The molecule has 0 heteroatoms. The summed E-state index contributed by atoms with van der Waals surface area (Å²) in [5.41, 5.74) is 2.83. The van der Waals surface area contributed by atoms with E-state index in [1.54, 1.807) is 0 Å². The van der Waals surface area contributed by atoms with Crippen LogP contribution in [0.25, 0.3) is 0 Å². The molecule has 0 atom stereocenters.